The first-order valence-corrected chi connectivity index (χ1v) is 9.93. The van der Waals surface area contributed by atoms with Crippen LogP contribution in [0.5, 0.6) is 28.7 Å². The number of aromatic nitrogens is 1. The van der Waals surface area contributed by atoms with Gasteiger partial charge >= 0.3 is 5.97 Å². The first-order chi connectivity index (χ1) is 15.5. The molecule has 0 amide bonds. The fourth-order valence-corrected chi connectivity index (χ4v) is 3.72. The number of fused-ring (bicyclic) bond motifs is 1. The number of carbonyl (C=O) groups is 1. The van der Waals surface area contributed by atoms with E-state index in [0.29, 0.717) is 40.0 Å². The van der Waals surface area contributed by atoms with E-state index in [9.17, 15) is 9.90 Å². The van der Waals surface area contributed by atoms with E-state index in [1.54, 1.807) is 12.1 Å². The Balaban J connectivity index is 1.87. The molecule has 0 spiro atoms. The molecule has 4 rings (SSSR count). The van der Waals surface area contributed by atoms with Gasteiger partial charge in [0.15, 0.2) is 11.5 Å². The predicted molar refractivity (Wildman–Crippen MR) is 121 cm³/mol. The lowest BCUT2D eigenvalue weighted by Gasteiger charge is -2.14. The third kappa shape index (κ3) is 4.05. The highest BCUT2D eigenvalue weighted by Crippen LogP contribution is 2.43. The zero-order chi connectivity index (χ0) is 22.7. The van der Waals surface area contributed by atoms with Crippen molar-refractivity contribution < 1.29 is 28.8 Å². The molecule has 2 N–H and O–H groups in total. The van der Waals surface area contributed by atoms with Gasteiger partial charge in [0.2, 0.25) is 5.75 Å². The van der Waals surface area contributed by atoms with Gasteiger partial charge in [-0.15, -0.1) is 0 Å². The summed E-state index contributed by atoms with van der Waals surface area (Å²) in [6.07, 6.45) is -0.166. The number of benzene rings is 3. The number of carboxylic acids is 1. The van der Waals surface area contributed by atoms with E-state index in [1.165, 1.54) is 21.3 Å². The van der Waals surface area contributed by atoms with Gasteiger partial charge in [-0.1, -0.05) is 18.2 Å². The van der Waals surface area contributed by atoms with Gasteiger partial charge in [0.25, 0.3) is 0 Å². The molecule has 0 atom stereocenters. The predicted octanol–water partition coefficient (Wildman–Crippen LogP) is 5.28. The van der Waals surface area contributed by atoms with E-state index in [0.717, 1.165) is 16.5 Å². The Bertz CT molecular complexity index is 1240. The lowest BCUT2D eigenvalue weighted by molar-refractivity contribution is -0.136. The third-order valence-electron chi connectivity index (χ3n) is 5.14. The van der Waals surface area contributed by atoms with Gasteiger partial charge in [0.1, 0.15) is 11.5 Å². The number of methoxy groups -OCH3 is 3. The van der Waals surface area contributed by atoms with Gasteiger partial charge in [-0.3, -0.25) is 4.79 Å². The molecule has 0 aliphatic heterocycles. The van der Waals surface area contributed by atoms with Crippen molar-refractivity contribution >= 4 is 16.9 Å². The molecule has 0 saturated carbocycles. The summed E-state index contributed by atoms with van der Waals surface area (Å²) in [5.74, 6) is 1.81. The highest BCUT2D eigenvalue weighted by molar-refractivity contribution is 5.95. The molecule has 7 heteroatoms. The Morgan fingerprint density at radius 3 is 2.16 bits per heavy atom. The number of rotatable bonds is 8. The van der Waals surface area contributed by atoms with Gasteiger partial charge in [0.05, 0.1) is 33.4 Å². The average molecular weight is 433 g/mol. The number of ether oxygens (including phenoxy) is 4. The van der Waals surface area contributed by atoms with Crippen LogP contribution in [-0.2, 0) is 11.2 Å². The van der Waals surface area contributed by atoms with Crippen molar-refractivity contribution in [1.29, 1.82) is 0 Å². The van der Waals surface area contributed by atoms with E-state index in [-0.39, 0.29) is 6.42 Å². The second kappa shape index (κ2) is 8.93. The summed E-state index contributed by atoms with van der Waals surface area (Å²) in [7, 11) is 4.61. The molecule has 0 bridgehead atoms. The number of hydrogen-bond acceptors (Lipinski definition) is 5. The van der Waals surface area contributed by atoms with E-state index in [2.05, 4.69) is 4.98 Å². The van der Waals surface area contributed by atoms with Crippen LogP contribution in [0.1, 0.15) is 5.56 Å². The topological polar surface area (TPSA) is 90.0 Å². The maximum atomic E-state index is 11.7. The summed E-state index contributed by atoms with van der Waals surface area (Å²) < 4.78 is 22.3. The second-order valence-electron chi connectivity index (χ2n) is 7.09. The van der Waals surface area contributed by atoms with Crippen molar-refractivity contribution in [2.45, 2.75) is 6.42 Å². The Hall–Kier alpha value is -4.13. The van der Waals surface area contributed by atoms with Crippen LogP contribution >= 0.6 is 0 Å². The van der Waals surface area contributed by atoms with Gasteiger partial charge < -0.3 is 29.0 Å². The fourth-order valence-electron chi connectivity index (χ4n) is 3.72. The van der Waals surface area contributed by atoms with E-state index >= 15 is 0 Å². The summed E-state index contributed by atoms with van der Waals surface area (Å²) in [6.45, 7) is 0. The Morgan fingerprint density at radius 1 is 0.875 bits per heavy atom. The number of aromatic amines is 1. The summed E-state index contributed by atoms with van der Waals surface area (Å²) in [6, 6.07) is 18.6. The van der Waals surface area contributed by atoms with Gasteiger partial charge in [0, 0.05) is 16.5 Å². The first kappa shape index (κ1) is 21.1. The van der Waals surface area contributed by atoms with Crippen LogP contribution in [0.4, 0.5) is 0 Å². The normalized spacial score (nSPS) is 10.7. The minimum absolute atomic E-state index is 0.166. The van der Waals surface area contributed by atoms with Crippen LogP contribution in [0.2, 0.25) is 0 Å². The molecule has 0 unspecified atom stereocenters. The Kier molecular flexibility index (Phi) is 5.89. The van der Waals surface area contributed by atoms with E-state index in [4.69, 9.17) is 18.9 Å². The van der Waals surface area contributed by atoms with E-state index in [1.807, 2.05) is 48.5 Å². The number of para-hydroxylation sites is 1. The monoisotopic (exact) mass is 433 g/mol. The van der Waals surface area contributed by atoms with Crippen molar-refractivity contribution in [1.82, 2.24) is 4.98 Å². The van der Waals surface area contributed by atoms with Crippen LogP contribution in [0, 0.1) is 0 Å². The Morgan fingerprint density at radius 2 is 1.56 bits per heavy atom. The van der Waals surface area contributed by atoms with E-state index < -0.39 is 5.97 Å². The minimum atomic E-state index is -0.936. The van der Waals surface area contributed by atoms with Crippen LogP contribution in [0.3, 0.4) is 0 Å². The van der Waals surface area contributed by atoms with Gasteiger partial charge in [-0.2, -0.15) is 0 Å². The Labute approximate surface area is 185 Å². The van der Waals surface area contributed by atoms with Crippen molar-refractivity contribution in [3.63, 3.8) is 0 Å². The summed E-state index contributed by atoms with van der Waals surface area (Å²) in [5, 5.41) is 10.4. The molecule has 0 aliphatic carbocycles. The minimum Gasteiger partial charge on any atom is -0.493 e. The molecule has 0 fully saturated rings. The highest BCUT2D eigenvalue weighted by atomic mass is 16.5. The van der Waals surface area contributed by atoms with Crippen LogP contribution in [0.15, 0.2) is 60.7 Å². The lowest BCUT2D eigenvalue weighted by Crippen LogP contribution is -2.01. The standard InChI is InChI=1S/C25H23NO6/c1-29-21-11-15(12-22(30-2)25(21)31-3)24-19(14-23(27)28)18-13-17(9-10-20(18)26-24)32-16-7-5-4-6-8-16/h4-13,26H,14H2,1-3H3,(H,27,28). The van der Waals surface area contributed by atoms with Crippen molar-refractivity contribution in [2.75, 3.05) is 21.3 Å². The van der Waals surface area contributed by atoms with Gasteiger partial charge in [-0.05, 0) is 48.0 Å². The largest absolute Gasteiger partial charge is 0.493 e. The quantitative estimate of drug-likeness (QED) is 0.393. The molecular formula is C25H23NO6. The molecule has 4 aromatic rings. The number of carboxylic acid groups (broad SMARTS) is 1. The second-order valence-corrected chi connectivity index (χ2v) is 7.09. The maximum absolute atomic E-state index is 11.7. The number of hydrogen-bond donors (Lipinski definition) is 2. The van der Waals surface area contributed by atoms with Crippen LogP contribution in [-0.4, -0.2) is 37.4 Å². The number of H-pyrrole nitrogens is 1. The fraction of sp³-hybridized carbons (Fsp3) is 0.160. The molecule has 32 heavy (non-hydrogen) atoms. The summed E-state index contributed by atoms with van der Waals surface area (Å²) in [4.78, 5) is 15.0. The average Bonchev–Trinajstić information content (AvgIpc) is 3.15. The molecule has 0 saturated heterocycles. The number of nitrogens with one attached hydrogen (secondary N) is 1. The SMILES string of the molecule is COc1cc(-c2[nH]c3ccc(Oc4ccccc4)cc3c2CC(=O)O)cc(OC)c1OC. The lowest BCUT2D eigenvalue weighted by atomic mass is 10.0. The zero-order valence-electron chi connectivity index (χ0n) is 18.0. The molecule has 164 valence electrons. The number of aliphatic carboxylic acids is 1. The molecule has 0 aliphatic rings. The first-order valence-electron chi connectivity index (χ1n) is 9.93. The molecule has 3 aromatic carbocycles. The molecule has 7 nitrogen and oxygen atoms in total. The molecule has 1 aromatic heterocycles. The van der Waals surface area contributed by atoms with Crippen LogP contribution in [0.25, 0.3) is 22.2 Å². The maximum Gasteiger partial charge on any atom is 0.307 e. The highest BCUT2D eigenvalue weighted by Gasteiger charge is 2.20. The smallest absolute Gasteiger partial charge is 0.307 e. The molecule has 0 radical (unpaired) electrons. The molecular weight excluding hydrogens is 410 g/mol. The van der Waals surface area contributed by atoms with Crippen molar-refractivity contribution in [3.8, 4) is 40.0 Å². The summed E-state index contributed by atoms with van der Waals surface area (Å²) >= 11 is 0. The van der Waals surface area contributed by atoms with Crippen molar-refractivity contribution in [2.24, 2.45) is 0 Å². The third-order valence-corrected chi connectivity index (χ3v) is 5.14. The summed E-state index contributed by atoms with van der Waals surface area (Å²) in [5.41, 5.74) is 2.82. The zero-order valence-corrected chi connectivity index (χ0v) is 18.0. The van der Waals surface area contributed by atoms with Gasteiger partial charge in [-0.25, -0.2) is 0 Å². The van der Waals surface area contributed by atoms with Crippen molar-refractivity contribution in [3.05, 3.63) is 66.2 Å². The molecule has 1 heterocycles. The van der Waals surface area contributed by atoms with Crippen LogP contribution < -0.4 is 18.9 Å².